The summed E-state index contributed by atoms with van der Waals surface area (Å²) in [5.41, 5.74) is 3.97. The number of allylic oxidation sites excluding steroid dienone is 4. The molecule has 1 heterocycles. The van der Waals surface area contributed by atoms with Gasteiger partial charge in [0.25, 0.3) is 0 Å². The molecular formula is C24H26N2O2S. The summed E-state index contributed by atoms with van der Waals surface area (Å²) in [5.74, 6) is 0.689. The van der Waals surface area contributed by atoms with Gasteiger partial charge in [0.15, 0.2) is 0 Å². The van der Waals surface area contributed by atoms with Crippen molar-refractivity contribution in [3.05, 3.63) is 88.6 Å². The van der Waals surface area contributed by atoms with Gasteiger partial charge in [-0.15, -0.1) is 0 Å². The Balaban J connectivity index is 1.63. The van der Waals surface area contributed by atoms with Crippen molar-refractivity contribution in [3.8, 4) is 0 Å². The van der Waals surface area contributed by atoms with Crippen LogP contribution < -0.4 is 15.2 Å². The molecule has 0 bridgehead atoms. The minimum absolute atomic E-state index is 0.307. The van der Waals surface area contributed by atoms with Crippen molar-refractivity contribution in [2.24, 2.45) is 11.8 Å². The van der Waals surface area contributed by atoms with Crippen molar-refractivity contribution in [3.63, 3.8) is 0 Å². The molecule has 5 heteroatoms. The zero-order valence-corrected chi connectivity index (χ0v) is 17.4. The summed E-state index contributed by atoms with van der Waals surface area (Å²) >= 11 is 0. The molecule has 2 unspecified atom stereocenters. The van der Waals surface area contributed by atoms with Crippen molar-refractivity contribution in [1.29, 1.82) is 0 Å². The van der Waals surface area contributed by atoms with Crippen LogP contribution in [0.2, 0.25) is 0 Å². The third kappa shape index (κ3) is 4.74. The summed E-state index contributed by atoms with van der Waals surface area (Å²) in [4.78, 5) is 4.14. The highest BCUT2D eigenvalue weighted by Gasteiger charge is 2.28. The Kier molecular flexibility index (Phi) is 5.79. The van der Waals surface area contributed by atoms with Gasteiger partial charge in [0.1, 0.15) is 0 Å². The zero-order valence-electron chi connectivity index (χ0n) is 16.6. The standard InChI is InChI=1S/C24H26N2O2S/c1-29(27,28)26-13-5-8-19(16-18-11-14-25-15-12-18)23-10-4-7-21-17-20-6-2-3-9-22(20)24(21)23/h2-4,6-7,9-12,14-15,17,19,23,26H,5,8,13,16H2,1H3. The van der Waals surface area contributed by atoms with E-state index in [-0.39, 0.29) is 0 Å². The monoisotopic (exact) mass is 406 g/mol. The SMILES string of the molecule is CS(=O)(=O)NCCCC(Cc1ccncc1)C1C=CC=C2C=c3ccccc3=C21. The van der Waals surface area contributed by atoms with Gasteiger partial charge in [-0.25, -0.2) is 13.1 Å². The second-order valence-corrected chi connectivity index (χ2v) is 9.64. The number of rotatable bonds is 8. The Morgan fingerprint density at radius 2 is 1.93 bits per heavy atom. The number of aromatic nitrogens is 1. The second kappa shape index (κ2) is 8.47. The number of benzene rings is 1. The van der Waals surface area contributed by atoms with Crippen LogP contribution in [-0.4, -0.2) is 26.2 Å². The number of hydrogen-bond acceptors (Lipinski definition) is 3. The summed E-state index contributed by atoms with van der Waals surface area (Å²) < 4.78 is 25.4. The molecule has 2 aliphatic rings. The van der Waals surface area contributed by atoms with Gasteiger partial charge in [-0.3, -0.25) is 4.98 Å². The van der Waals surface area contributed by atoms with Crippen LogP contribution in [0, 0.1) is 11.8 Å². The van der Waals surface area contributed by atoms with Crippen LogP contribution in [0.1, 0.15) is 18.4 Å². The van der Waals surface area contributed by atoms with Crippen molar-refractivity contribution in [2.75, 3.05) is 12.8 Å². The Morgan fingerprint density at radius 3 is 2.72 bits per heavy atom. The number of fused-ring (bicyclic) bond motifs is 2. The molecule has 2 aromatic rings. The average Bonchev–Trinajstić information content (AvgIpc) is 3.09. The first-order valence-corrected chi connectivity index (χ1v) is 11.9. The third-order valence-corrected chi connectivity index (χ3v) is 6.40. The Morgan fingerprint density at radius 1 is 1.14 bits per heavy atom. The van der Waals surface area contributed by atoms with Crippen molar-refractivity contribution in [1.82, 2.24) is 9.71 Å². The normalized spacial score (nSPS) is 18.6. The molecule has 1 aromatic carbocycles. The molecule has 0 radical (unpaired) electrons. The van der Waals surface area contributed by atoms with E-state index in [2.05, 4.69) is 70.4 Å². The molecule has 4 nitrogen and oxygen atoms in total. The minimum atomic E-state index is -3.15. The second-order valence-electron chi connectivity index (χ2n) is 7.81. The van der Waals surface area contributed by atoms with Crippen LogP contribution in [0.25, 0.3) is 11.6 Å². The lowest BCUT2D eigenvalue weighted by Crippen LogP contribution is -2.28. The predicted octanol–water partition coefficient (Wildman–Crippen LogP) is 2.33. The Labute approximate surface area is 172 Å². The van der Waals surface area contributed by atoms with Crippen LogP contribution in [0.4, 0.5) is 0 Å². The molecular weight excluding hydrogens is 380 g/mol. The van der Waals surface area contributed by atoms with Crippen molar-refractivity contribution < 1.29 is 8.42 Å². The first kappa shape index (κ1) is 19.8. The van der Waals surface area contributed by atoms with Gasteiger partial charge in [0.2, 0.25) is 10.0 Å². The van der Waals surface area contributed by atoms with Gasteiger partial charge in [0.05, 0.1) is 6.26 Å². The molecule has 0 amide bonds. The molecule has 1 aromatic heterocycles. The Hall–Kier alpha value is -2.50. The number of nitrogens with zero attached hydrogens (tertiary/aromatic N) is 1. The molecule has 150 valence electrons. The van der Waals surface area contributed by atoms with E-state index in [0.29, 0.717) is 18.4 Å². The van der Waals surface area contributed by atoms with Crippen molar-refractivity contribution in [2.45, 2.75) is 19.3 Å². The fraction of sp³-hybridized carbons (Fsp3) is 0.292. The molecule has 2 aliphatic carbocycles. The number of sulfonamides is 1. The number of hydrogen-bond donors (Lipinski definition) is 1. The van der Waals surface area contributed by atoms with Crippen LogP contribution in [0.15, 0.2) is 72.6 Å². The molecule has 4 rings (SSSR count). The van der Waals surface area contributed by atoms with E-state index in [1.807, 2.05) is 12.4 Å². The van der Waals surface area contributed by atoms with Gasteiger partial charge >= 0.3 is 0 Å². The summed E-state index contributed by atoms with van der Waals surface area (Å²) in [6.07, 6.45) is 16.5. The average molecular weight is 407 g/mol. The minimum Gasteiger partial charge on any atom is -0.265 e. The molecule has 0 saturated carbocycles. The quantitative estimate of drug-likeness (QED) is 0.685. The highest BCUT2D eigenvalue weighted by atomic mass is 32.2. The maximum atomic E-state index is 11.4. The Bertz CT molecular complexity index is 1160. The van der Waals surface area contributed by atoms with Crippen LogP contribution in [-0.2, 0) is 16.4 Å². The highest BCUT2D eigenvalue weighted by Crippen LogP contribution is 2.37. The van der Waals surface area contributed by atoms with Crippen molar-refractivity contribution >= 4 is 21.7 Å². The van der Waals surface area contributed by atoms with Gasteiger partial charge in [-0.2, -0.15) is 0 Å². The lowest BCUT2D eigenvalue weighted by molar-refractivity contribution is 0.412. The molecule has 29 heavy (non-hydrogen) atoms. The molecule has 1 N–H and O–H groups in total. The van der Waals surface area contributed by atoms with Crippen LogP contribution >= 0.6 is 0 Å². The topological polar surface area (TPSA) is 59.1 Å². The largest absolute Gasteiger partial charge is 0.265 e. The zero-order chi connectivity index (χ0) is 20.3. The first-order valence-electron chi connectivity index (χ1n) is 10.0. The molecule has 0 aliphatic heterocycles. The maximum absolute atomic E-state index is 11.4. The van der Waals surface area contributed by atoms with E-state index in [0.717, 1.165) is 19.3 Å². The fourth-order valence-electron chi connectivity index (χ4n) is 4.40. The van der Waals surface area contributed by atoms with E-state index in [1.165, 1.54) is 33.4 Å². The van der Waals surface area contributed by atoms with E-state index < -0.39 is 10.0 Å². The molecule has 0 fully saturated rings. The number of pyridine rings is 1. The summed E-state index contributed by atoms with van der Waals surface area (Å²) in [6, 6.07) is 12.7. The predicted molar refractivity (Wildman–Crippen MR) is 118 cm³/mol. The van der Waals surface area contributed by atoms with E-state index in [9.17, 15) is 8.42 Å². The van der Waals surface area contributed by atoms with Gasteiger partial charge in [-0.05, 0) is 70.5 Å². The lowest BCUT2D eigenvalue weighted by atomic mass is 9.75. The lowest BCUT2D eigenvalue weighted by Gasteiger charge is -2.29. The van der Waals surface area contributed by atoms with E-state index in [4.69, 9.17) is 0 Å². The van der Waals surface area contributed by atoms with Gasteiger partial charge < -0.3 is 0 Å². The van der Waals surface area contributed by atoms with Gasteiger partial charge in [-0.1, -0.05) is 42.5 Å². The van der Waals surface area contributed by atoms with Crippen LogP contribution in [0.5, 0.6) is 0 Å². The number of nitrogens with one attached hydrogen (secondary N) is 1. The van der Waals surface area contributed by atoms with E-state index >= 15 is 0 Å². The summed E-state index contributed by atoms with van der Waals surface area (Å²) in [5, 5.41) is 2.60. The van der Waals surface area contributed by atoms with Gasteiger partial charge in [0, 0.05) is 24.9 Å². The third-order valence-electron chi connectivity index (χ3n) is 5.67. The van der Waals surface area contributed by atoms with E-state index in [1.54, 1.807) is 0 Å². The molecule has 0 saturated heterocycles. The highest BCUT2D eigenvalue weighted by molar-refractivity contribution is 7.88. The summed E-state index contributed by atoms with van der Waals surface area (Å²) in [7, 11) is -3.15. The fourth-order valence-corrected chi connectivity index (χ4v) is 4.91. The maximum Gasteiger partial charge on any atom is 0.208 e. The molecule has 2 atom stereocenters. The molecule has 0 spiro atoms. The van der Waals surface area contributed by atoms with Crippen LogP contribution in [0.3, 0.4) is 0 Å². The smallest absolute Gasteiger partial charge is 0.208 e. The summed E-state index contributed by atoms with van der Waals surface area (Å²) in [6.45, 7) is 0.475. The first-order chi connectivity index (χ1) is 14.0.